The molecule has 0 unspecified atom stereocenters. The molecule has 144 valence electrons. The Bertz CT molecular complexity index is 994. The smallest absolute Gasteiger partial charge is 0.274 e. The standard InChI is InChI=1S/C17H18FN3O5S/c1-11-15(8-5-9-16(11)21(23)24)19-17(22)12(2)20(27(3,25)26)14-7-4-6-13(18)10-14/h4-10,12H,1-3H3,(H,19,22)/t12-/m1/s1. The molecule has 2 rings (SSSR count). The summed E-state index contributed by atoms with van der Waals surface area (Å²) in [5.74, 6) is -1.36. The Balaban J connectivity index is 2.37. The molecule has 0 aromatic heterocycles. The molecule has 1 N–H and O–H groups in total. The van der Waals surface area contributed by atoms with Gasteiger partial charge in [-0.1, -0.05) is 12.1 Å². The first kappa shape index (κ1) is 20.3. The van der Waals surface area contributed by atoms with Gasteiger partial charge in [-0.2, -0.15) is 0 Å². The Kier molecular flexibility index (Phi) is 5.79. The van der Waals surface area contributed by atoms with Gasteiger partial charge < -0.3 is 5.32 Å². The molecule has 27 heavy (non-hydrogen) atoms. The van der Waals surface area contributed by atoms with Crippen molar-refractivity contribution in [1.29, 1.82) is 0 Å². The summed E-state index contributed by atoms with van der Waals surface area (Å²) < 4.78 is 38.7. The fourth-order valence-corrected chi connectivity index (χ4v) is 3.78. The summed E-state index contributed by atoms with van der Waals surface area (Å²) in [6.45, 7) is 2.81. The number of nitrogens with zero attached hydrogens (tertiary/aromatic N) is 2. The number of nitro benzene ring substituents is 1. The van der Waals surface area contributed by atoms with Crippen molar-refractivity contribution in [2.75, 3.05) is 15.9 Å². The van der Waals surface area contributed by atoms with Crippen LogP contribution in [0, 0.1) is 22.9 Å². The van der Waals surface area contributed by atoms with Gasteiger partial charge in [-0.05, 0) is 38.1 Å². The second-order valence-corrected chi connectivity index (χ2v) is 7.77. The zero-order valence-electron chi connectivity index (χ0n) is 14.8. The normalized spacial score (nSPS) is 12.3. The Morgan fingerprint density at radius 3 is 2.44 bits per heavy atom. The van der Waals surface area contributed by atoms with Crippen molar-refractivity contribution >= 4 is 33.0 Å². The van der Waals surface area contributed by atoms with E-state index in [0.29, 0.717) is 0 Å². The third kappa shape index (κ3) is 4.59. The van der Waals surface area contributed by atoms with E-state index >= 15 is 0 Å². The van der Waals surface area contributed by atoms with E-state index in [4.69, 9.17) is 0 Å². The van der Waals surface area contributed by atoms with Crippen molar-refractivity contribution in [1.82, 2.24) is 0 Å². The van der Waals surface area contributed by atoms with Crippen LogP contribution in [0.5, 0.6) is 0 Å². The van der Waals surface area contributed by atoms with Crippen molar-refractivity contribution in [3.05, 3.63) is 64.0 Å². The van der Waals surface area contributed by atoms with Gasteiger partial charge in [-0.25, -0.2) is 12.8 Å². The number of carbonyl (C=O) groups excluding carboxylic acids is 1. The number of rotatable bonds is 6. The molecular formula is C17H18FN3O5S. The number of carbonyl (C=O) groups is 1. The van der Waals surface area contributed by atoms with Crippen LogP contribution in [-0.2, 0) is 14.8 Å². The van der Waals surface area contributed by atoms with E-state index in [1.54, 1.807) is 0 Å². The van der Waals surface area contributed by atoms with Gasteiger partial charge in [-0.3, -0.25) is 19.2 Å². The quantitative estimate of drug-likeness (QED) is 0.597. The monoisotopic (exact) mass is 395 g/mol. The van der Waals surface area contributed by atoms with E-state index < -0.39 is 32.7 Å². The molecule has 0 aliphatic carbocycles. The van der Waals surface area contributed by atoms with Crippen molar-refractivity contribution in [3.63, 3.8) is 0 Å². The predicted molar refractivity (Wildman–Crippen MR) is 99.6 cm³/mol. The minimum Gasteiger partial charge on any atom is -0.324 e. The first-order valence-corrected chi connectivity index (χ1v) is 9.67. The van der Waals surface area contributed by atoms with E-state index in [1.165, 1.54) is 44.2 Å². The molecule has 1 amide bonds. The van der Waals surface area contributed by atoms with Gasteiger partial charge >= 0.3 is 0 Å². The van der Waals surface area contributed by atoms with Gasteiger partial charge in [0, 0.05) is 6.07 Å². The molecule has 0 saturated carbocycles. The van der Waals surface area contributed by atoms with Crippen LogP contribution in [-0.4, -0.2) is 31.5 Å². The number of hydrogen-bond donors (Lipinski definition) is 1. The minimum atomic E-state index is -3.91. The lowest BCUT2D eigenvalue weighted by atomic mass is 10.1. The second kappa shape index (κ2) is 7.70. The van der Waals surface area contributed by atoms with Gasteiger partial charge in [0.1, 0.15) is 11.9 Å². The van der Waals surface area contributed by atoms with Gasteiger partial charge in [0.2, 0.25) is 15.9 Å². The van der Waals surface area contributed by atoms with Crippen LogP contribution >= 0.6 is 0 Å². The lowest BCUT2D eigenvalue weighted by Gasteiger charge is -2.28. The summed E-state index contributed by atoms with van der Waals surface area (Å²) >= 11 is 0. The number of sulfonamides is 1. The fourth-order valence-electron chi connectivity index (χ4n) is 2.62. The number of nitrogens with one attached hydrogen (secondary N) is 1. The highest BCUT2D eigenvalue weighted by molar-refractivity contribution is 7.92. The van der Waals surface area contributed by atoms with E-state index in [0.717, 1.165) is 22.7 Å². The van der Waals surface area contributed by atoms with Crippen LogP contribution < -0.4 is 9.62 Å². The largest absolute Gasteiger partial charge is 0.324 e. The highest BCUT2D eigenvalue weighted by Gasteiger charge is 2.30. The summed E-state index contributed by atoms with van der Waals surface area (Å²) in [6.07, 6.45) is 0.903. The van der Waals surface area contributed by atoms with Crippen molar-refractivity contribution < 1.29 is 22.5 Å². The van der Waals surface area contributed by atoms with Crippen LogP contribution in [0.15, 0.2) is 42.5 Å². The molecule has 0 fully saturated rings. The Hall–Kier alpha value is -3.01. The summed E-state index contributed by atoms with van der Waals surface area (Å²) in [5, 5.41) is 13.5. The molecule has 0 aliphatic heterocycles. The van der Waals surface area contributed by atoms with Gasteiger partial charge in [-0.15, -0.1) is 0 Å². The van der Waals surface area contributed by atoms with Crippen molar-refractivity contribution in [2.45, 2.75) is 19.9 Å². The molecule has 0 saturated heterocycles. The summed E-state index contributed by atoms with van der Waals surface area (Å²) in [7, 11) is -3.91. The maximum atomic E-state index is 13.5. The molecule has 2 aromatic carbocycles. The first-order valence-electron chi connectivity index (χ1n) is 7.82. The number of halogens is 1. The maximum absolute atomic E-state index is 13.5. The topological polar surface area (TPSA) is 110 Å². The highest BCUT2D eigenvalue weighted by Crippen LogP contribution is 2.26. The summed E-state index contributed by atoms with van der Waals surface area (Å²) in [6, 6.07) is 7.81. The predicted octanol–water partition coefficient (Wildman–Crippen LogP) is 2.84. The highest BCUT2D eigenvalue weighted by atomic mass is 32.2. The lowest BCUT2D eigenvalue weighted by molar-refractivity contribution is -0.385. The average molecular weight is 395 g/mol. The molecule has 0 heterocycles. The number of anilines is 2. The number of benzene rings is 2. The van der Waals surface area contributed by atoms with Gasteiger partial charge in [0.15, 0.2) is 0 Å². The van der Waals surface area contributed by atoms with Crippen molar-refractivity contribution in [3.8, 4) is 0 Å². The third-order valence-electron chi connectivity index (χ3n) is 3.91. The number of nitro groups is 1. The van der Waals surface area contributed by atoms with Gasteiger partial charge in [0.05, 0.1) is 28.1 Å². The van der Waals surface area contributed by atoms with Crippen LogP contribution in [0.3, 0.4) is 0 Å². The Morgan fingerprint density at radius 1 is 1.26 bits per heavy atom. The third-order valence-corrected chi connectivity index (χ3v) is 5.15. The lowest BCUT2D eigenvalue weighted by Crippen LogP contribution is -2.45. The van der Waals surface area contributed by atoms with Gasteiger partial charge in [0.25, 0.3) is 5.69 Å². The van der Waals surface area contributed by atoms with Crippen LogP contribution in [0.2, 0.25) is 0 Å². The molecular weight excluding hydrogens is 377 g/mol. The molecule has 0 radical (unpaired) electrons. The first-order chi connectivity index (χ1) is 12.5. The molecule has 0 bridgehead atoms. The van der Waals surface area contributed by atoms with Crippen LogP contribution in [0.1, 0.15) is 12.5 Å². The van der Waals surface area contributed by atoms with Crippen LogP contribution in [0.4, 0.5) is 21.5 Å². The molecule has 8 nitrogen and oxygen atoms in total. The van der Waals surface area contributed by atoms with Crippen molar-refractivity contribution in [2.24, 2.45) is 0 Å². The summed E-state index contributed by atoms with van der Waals surface area (Å²) in [5.41, 5.74) is 0.245. The fraction of sp³-hybridized carbons (Fsp3) is 0.235. The number of amides is 1. The minimum absolute atomic E-state index is 0.00378. The van der Waals surface area contributed by atoms with E-state index in [1.807, 2.05) is 0 Å². The molecule has 0 spiro atoms. The molecule has 1 atom stereocenters. The Labute approximate surface area is 155 Å². The average Bonchev–Trinajstić information content (AvgIpc) is 2.55. The SMILES string of the molecule is Cc1c(NC(=O)[C@@H](C)N(c2cccc(F)c2)S(C)(=O)=O)cccc1[N+](=O)[O-]. The molecule has 10 heteroatoms. The van der Waals surface area contributed by atoms with E-state index in [-0.39, 0.29) is 22.6 Å². The molecule has 2 aromatic rings. The summed E-state index contributed by atoms with van der Waals surface area (Å²) in [4.78, 5) is 23.1. The Morgan fingerprint density at radius 2 is 1.89 bits per heavy atom. The van der Waals surface area contributed by atoms with E-state index in [9.17, 15) is 27.7 Å². The van der Waals surface area contributed by atoms with Crippen LogP contribution in [0.25, 0.3) is 0 Å². The maximum Gasteiger partial charge on any atom is 0.274 e. The second-order valence-electron chi connectivity index (χ2n) is 5.91. The number of hydrogen-bond acceptors (Lipinski definition) is 5. The zero-order chi connectivity index (χ0) is 20.4. The van der Waals surface area contributed by atoms with E-state index in [2.05, 4.69) is 5.32 Å². The zero-order valence-corrected chi connectivity index (χ0v) is 15.7. The molecule has 0 aliphatic rings.